The minimum atomic E-state index is -3.33. The molecular weight excluding hydrogens is 1540 g/mol. The zero-order chi connectivity index (χ0) is 81.6. The van der Waals surface area contributed by atoms with Crippen LogP contribution in [0.5, 0.6) is 46.0 Å². The summed E-state index contributed by atoms with van der Waals surface area (Å²) in [7, 11) is -6.40. The minimum absolute atomic E-state index is 0.429. The third kappa shape index (κ3) is 15.4. The van der Waals surface area contributed by atoms with Gasteiger partial charge in [0.15, 0.2) is 23.0 Å². The monoisotopic (exact) mass is 1630 g/mol. The van der Waals surface area contributed by atoms with Crippen LogP contribution >= 0.6 is 0 Å². The van der Waals surface area contributed by atoms with E-state index in [0.29, 0.717) is 46.0 Å². The fourth-order valence-corrected chi connectivity index (χ4v) is 32.6. The van der Waals surface area contributed by atoms with Crippen molar-refractivity contribution >= 4 is 95.5 Å². The SMILES string of the molecule is COc1cc(C(c2ccc(C(c3ccc(O[Si](c4ccccc4)(c4ccccc4)c4ccccc4)c(OC)c3)c3ccc(O[Si](c4ccccc4)(c4ccccc4)c4ccccc4)c(OC)c3)cc2)c2ccc(O[Si](c3ccccc3)(c3ccccc3)c3ccccc3)c(OC)c2)ccc1O[Si](c1ccccc1)(c1ccccc1)c1ccccc1. The van der Waals surface area contributed by atoms with Gasteiger partial charge in [-0.1, -0.05) is 413 Å². The maximum atomic E-state index is 7.83. The van der Waals surface area contributed by atoms with Crippen molar-refractivity contribution in [3.05, 3.63) is 494 Å². The van der Waals surface area contributed by atoms with Crippen LogP contribution in [0.2, 0.25) is 0 Å². The summed E-state index contributed by atoms with van der Waals surface area (Å²) in [5.74, 6) is 3.95. The smallest absolute Gasteiger partial charge is 0.347 e. The zero-order valence-corrected chi connectivity index (χ0v) is 71.3. The van der Waals surface area contributed by atoms with Crippen LogP contribution in [0.3, 0.4) is 0 Å². The molecule has 0 aliphatic heterocycles. The lowest BCUT2D eigenvalue weighted by Crippen LogP contribution is -2.71. The van der Waals surface area contributed by atoms with Crippen LogP contribution in [-0.2, 0) is 0 Å². The van der Waals surface area contributed by atoms with Crippen LogP contribution in [0.1, 0.15) is 45.2 Å². The molecule has 0 N–H and O–H groups in total. The average Bonchev–Trinajstić information content (AvgIpc) is 0.761. The molecule has 17 aromatic carbocycles. The molecule has 0 spiro atoms. The summed E-state index contributed by atoms with van der Waals surface area (Å²) in [5, 5.41) is 13.2. The second-order valence-corrected chi connectivity index (χ2v) is 42.9. The molecule has 0 atom stereocenters. The molecule has 0 radical (unpaired) electrons. The Hall–Kier alpha value is -14.0. The Bertz CT molecular complexity index is 5070. The van der Waals surface area contributed by atoms with E-state index >= 15 is 0 Å². The van der Waals surface area contributed by atoms with Crippen molar-refractivity contribution in [2.45, 2.75) is 11.8 Å². The fraction of sp³-hybridized carbons (Fsp3) is 0.0556. The van der Waals surface area contributed by atoms with Crippen LogP contribution in [0, 0.1) is 0 Å². The highest BCUT2D eigenvalue weighted by atomic mass is 28.4. The van der Waals surface area contributed by atoms with E-state index in [1.807, 2.05) is 0 Å². The Morgan fingerprint density at radius 2 is 0.267 bits per heavy atom. The van der Waals surface area contributed by atoms with Gasteiger partial charge >= 0.3 is 33.3 Å². The molecule has 0 amide bonds. The lowest BCUT2D eigenvalue weighted by atomic mass is 9.81. The number of rotatable bonds is 30. The van der Waals surface area contributed by atoms with E-state index in [9.17, 15) is 0 Å². The molecule has 0 saturated heterocycles. The summed E-state index contributed by atoms with van der Waals surface area (Å²) in [6.07, 6.45) is 0. The highest BCUT2D eigenvalue weighted by Gasteiger charge is 2.49. The van der Waals surface area contributed by atoms with Crippen molar-refractivity contribution in [3.8, 4) is 46.0 Å². The van der Waals surface area contributed by atoms with E-state index in [1.165, 1.54) is 0 Å². The minimum Gasteiger partial charge on any atom is -0.528 e. The van der Waals surface area contributed by atoms with E-state index in [-0.39, 0.29) is 0 Å². The maximum absolute atomic E-state index is 7.83. The highest BCUT2D eigenvalue weighted by Crippen LogP contribution is 2.45. The second-order valence-electron chi connectivity index (χ2n) is 29.7. The first kappa shape index (κ1) is 78.5. The van der Waals surface area contributed by atoms with Gasteiger partial charge in [0, 0.05) is 11.8 Å². The normalized spacial score (nSPS) is 11.7. The molecule has 586 valence electrons. The van der Waals surface area contributed by atoms with Crippen LogP contribution in [-0.4, -0.2) is 61.7 Å². The second kappa shape index (κ2) is 35.8. The number of benzene rings is 17. The molecule has 120 heavy (non-hydrogen) atoms. The maximum Gasteiger partial charge on any atom is 0.347 e. The van der Waals surface area contributed by atoms with Gasteiger partial charge in [0.05, 0.1) is 28.4 Å². The molecule has 0 heterocycles. The summed E-state index contributed by atoms with van der Waals surface area (Å²) in [5.41, 5.74) is 5.82. The molecule has 0 aliphatic rings. The third-order valence-corrected chi connectivity index (χ3v) is 38.8. The van der Waals surface area contributed by atoms with E-state index in [2.05, 4.69) is 461 Å². The van der Waals surface area contributed by atoms with Crippen LogP contribution < -0.4 is 98.9 Å². The molecule has 17 aromatic rings. The highest BCUT2D eigenvalue weighted by molar-refractivity contribution is 7.09. The Morgan fingerprint density at radius 3 is 0.392 bits per heavy atom. The Labute approximate surface area is 707 Å². The molecule has 0 saturated carbocycles. The average molecular weight is 1630 g/mol. The Morgan fingerprint density at radius 1 is 0.142 bits per heavy atom. The summed E-state index contributed by atoms with van der Waals surface area (Å²) in [4.78, 5) is 0. The first-order valence-electron chi connectivity index (χ1n) is 40.5. The molecule has 0 aliphatic carbocycles. The standard InChI is InChI=1S/C108H90O8Si4/c1-109-103-77-83(69-73-99(103)113-117(87-41-17-5-18-42-87,88-43-19-6-20-44-88)89-45-21-7-22-46-89)107(84-70-74-100(104(78-84)110-2)114-118(90-47-23-8-24-48-90,91-49-25-9-26-50-91)92-51-27-10-28-52-92)81-65-67-82(68-66-81)108(85-71-75-101(105(79-85)111-3)115-119(93-53-29-11-30-54-93,94-55-31-12-32-56-94)95-57-33-13-34-58-95)86-72-76-102(106(80-86)112-4)116-120(96-59-35-14-36-60-96,97-61-37-15-38-62-97)98-63-39-16-40-64-98/h5-80,107-108H,1-4H3. The first-order chi connectivity index (χ1) is 59.3. The van der Waals surface area contributed by atoms with Crippen molar-refractivity contribution in [1.82, 2.24) is 0 Å². The number of ether oxygens (including phenoxy) is 4. The summed E-state index contributed by atoms with van der Waals surface area (Å²) < 4.78 is 57.8. The molecule has 0 unspecified atom stereocenters. The molecular formula is C108H90O8Si4. The van der Waals surface area contributed by atoms with Crippen molar-refractivity contribution in [2.24, 2.45) is 0 Å². The van der Waals surface area contributed by atoms with Gasteiger partial charge in [0.2, 0.25) is 0 Å². The van der Waals surface area contributed by atoms with Gasteiger partial charge in [-0.2, -0.15) is 0 Å². The molecule has 0 bridgehead atoms. The van der Waals surface area contributed by atoms with Crippen molar-refractivity contribution in [1.29, 1.82) is 0 Å². The number of hydrogen-bond acceptors (Lipinski definition) is 8. The lowest BCUT2D eigenvalue weighted by molar-refractivity contribution is 0.392. The van der Waals surface area contributed by atoms with Gasteiger partial charge < -0.3 is 36.7 Å². The first-order valence-corrected chi connectivity index (χ1v) is 48.1. The summed E-state index contributed by atoms with van der Waals surface area (Å²) >= 11 is 0. The van der Waals surface area contributed by atoms with Gasteiger partial charge in [-0.15, -0.1) is 0 Å². The lowest BCUT2D eigenvalue weighted by Gasteiger charge is -2.34. The van der Waals surface area contributed by atoms with Gasteiger partial charge in [-0.25, -0.2) is 0 Å². The van der Waals surface area contributed by atoms with E-state index in [1.54, 1.807) is 28.4 Å². The molecule has 8 nitrogen and oxygen atoms in total. The molecule has 0 fully saturated rings. The van der Waals surface area contributed by atoms with Crippen LogP contribution in [0.15, 0.2) is 461 Å². The van der Waals surface area contributed by atoms with Crippen LogP contribution in [0.25, 0.3) is 0 Å². The largest absolute Gasteiger partial charge is 0.528 e. The van der Waals surface area contributed by atoms with E-state index in [4.69, 9.17) is 36.7 Å². The van der Waals surface area contributed by atoms with E-state index in [0.717, 1.165) is 95.6 Å². The zero-order valence-electron chi connectivity index (χ0n) is 67.3. The topological polar surface area (TPSA) is 73.8 Å². The molecule has 12 heteroatoms. The summed E-state index contributed by atoms with van der Waals surface area (Å²) in [6, 6.07) is 162. The third-order valence-electron chi connectivity index (χ3n) is 22.9. The van der Waals surface area contributed by atoms with Gasteiger partial charge in [-0.3, -0.25) is 0 Å². The van der Waals surface area contributed by atoms with Crippen molar-refractivity contribution in [2.75, 3.05) is 28.4 Å². The number of methoxy groups -OCH3 is 4. The fourth-order valence-electron chi connectivity index (χ4n) is 17.3. The predicted octanol–water partition coefficient (Wildman–Crippen LogP) is 16.3. The quantitative estimate of drug-likeness (QED) is 0.0326. The molecule has 0 aromatic heterocycles. The summed E-state index contributed by atoms with van der Waals surface area (Å²) in [6.45, 7) is 0. The van der Waals surface area contributed by atoms with Gasteiger partial charge in [0.25, 0.3) is 0 Å². The Balaban J connectivity index is 0.841. The predicted molar refractivity (Wildman–Crippen MR) is 499 cm³/mol. The Kier molecular flexibility index (Phi) is 23.5. The molecule has 17 rings (SSSR count). The van der Waals surface area contributed by atoms with Gasteiger partial charge in [-0.05, 0) is 144 Å². The van der Waals surface area contributed by atoms with Gasteiger partial charge in [0.1, 0.15) is 23.0 Å². The van der Waals surface area contributed by atoms with Crippen molar-refractivity contribution < 1.29 is 36.7 Å². The van der Waals surface area contributed by atoms with E-state index < -0.39 is 45.1 Å². The number of hydrogen-bond donors (Lipinski definition) is 0. The van der Waals surface area contributed by atoms with Crippen LogP contribution in [0.4, 0.5) is 0 Å². The van der Waals surface area contributed by atoms with Crippen molar-refractivity contribution in [3.63, 3.8) is 0 Å².